The van der Waals surface area contributed by atoms with E-state index in [2.05, 4.69) is 10.2 Å². The van der Waals surface area contributed by atoms with Crippen molar-refractivity contribution in [3.63, 3.8) is 0 Å². The van der Waals surface area contributed by atoms with Crippen LogP contribution < -0.4 is 20.9 Å². The Balaban J connectivity index is 2.42. The van der Waals surface area contributed by atoms with E-state index in [0.29, 0.717) is 13.0 Å². The minimum atomic E-state index is -0.0616. The monoisotopic (exact) mass is 234 g/mol. The van der Waals surface area contributed by atoms with E-state index in [1.165, 1.54) is 0 Å². The molecule has 0 aliphatic carbocycles. The van der Waals surface area contributed by atoms with Crippen LogP contribution in [-0.2, 0) is 0 Å². The van der Waals surface area contributed by atoms with Gasteiger partial charge in [0.15, 0.2) is 0 Å². The lowest BCUT2D eigenvalue weighted by Crippen LogP contribution is -2.22. The van der Waals surface area contributed by atoms with E-state index in [1.54, 1.807) is 7.11 Å². The molecule has 0 unspecified atom stereocenters. The summed E-state index contributed by atoms with van der Waals surface area (Å²) in [5.41, 5.74) is 12.2. The summed E-state index contributed by atoms with van der Waals surface area (Å²) >= 11 is 0. The van der Waals surface area contributed by atoms with E-state index >= 15 is 0 Å². The molecule has 1 heterocycles. The van der Waals surface area contributed by atoms with Crippen molar-refractivity contribution in [2.45, 2.75) is 6.42 Å². The number of benzene rings is 1. The molecule has 0 atom stereocenters. The molecule has 6 heteroatoms. The second kappa shape index (κ2) is 4.73. The summed E-state index contributed by atoms with van der Waals surface area (Å²) in [6.07, 6.45) is 0.664. The van der Waals surface area contributed by atoms with E-state index in [1.807, 2.05) is 18.2 Å². The average molecular weight is 234 g/mol. The Labute approximate surface area is 98.9 Å². The first-order chi connectivity index (χ1) is 8.20. The maximum absolute atomic E-state index is 5.51. The Kier molecular flexibility index (Phi) is 3.13. The Morgan fingerprint density at radius 3 is 2.94 bits per heavy atom. The number of nitrogens with zero attached hydrogens (tertiary/aromatic N) is 2. The van der Waals surface area contributed by atoms with Crippen molar-refractivity contribution in [1.82, 2.24) is 0 Å². The van der Waals surface area contributed by atoms with Gasteiger partial charge in [-0.15, -0.1) is 5.10 Å². The highest BCUT2D eigenvalue weighted by Gasteiger charge is 2.17. The molecule has 0 saturated heterocycles. The van der Waals surface area contributed by atoms with Crippen LogP contribution in [0.15, 0.2) is 28.4 Å². The van der Waals surface area contributed by atoms with E-state index < -0.39 is 0 Å². The second-order valence-corrected chi connectivity index (χ2v) is 3.53. The molecule has 90 valence electrons. The maximum atomic E-state index is 5.51. The lowest BCUT2D eigenvalue weighted by Gasteiger charge is -2.18. The molecule has 0 fully saturated rings. The minimum Gasteiger partial charge on any atom is -0.497 e. The molecule has 0 bridgehead atoms. The van der Waals surface area contributed by atoms with Gasteiger partial charge in [-0.3, -0.25) is 0 Å². The molecule has 0 radical (unpaired) electrons. The van der Waals surface area contributed by atoms with Crippen molar-refractivity contribution in [2.75, 3.05) is 13.7 Å². The molecular weight excluding hydrogens is 220 g/mol. The fourth-order valence-electron chi connectivity index (χ4n) is 1.60. The number of methoxy groups -OCH3 is 1. The lowest BCUT2D eigenvalue weighted by atomic mass is 10.0. The summed E-state index contributed by atoms with van der Waals surface area (Å²) in [5, 5.41) is 7.68. The highest BCUT2D eigenvalue weighted by Crippen LogP contribution is 2.28. The molecule has 0 spiro atoms. The molecule has 0 aromatic heterocycles. The Morgan fingerprint density at radius 2 is 2.24 bits per heavy atom. The van der Waals surface area contributed by atoms with Gasteiger partial charge in [0, 0.05) is 12.0 Å². The number of rotatable bonds is 2. The summed E-state index contributed by atoms with van der Waals surface area (Å²) in [7, 11) is 1.61. The number of nitrogens with two attached hydrogens (primary N) is 2. The van der Waals surface area contributed by atoms with Crippen LogP contribution in [0.2, 0.25) is 0 Å². The van der Waals surface area contributed by atoms with Crippen molar-refractivity contribution in [3.05, 3.63) is 23.8 Å². The van der Waals surface area contributed by atoms with Crippen molar-refractivity contribution in [1.29, 1.82) is 0 Å². The van der Waals surface area contributed by atoms with Gasteiger partial charge in [0.1, 0.15) is 11.5 Å². The quantitative estimate of drug-likeness (QED) is 0.441. The van der Waals surface area contributed by atoms with Crippen molar-refractivity contribution in [2.24, 2.45) is 21.7 Å². The van der Waals surface area contributed by atoms with Crippen LogP contribution in [0.3, 0.4) is 0 Å². The zero-order valence-electron chi connectivity index (χ0n) is 9.51. The third-order valence-electron chi connectivity index (χ3n) is 2.38. The van der Waals surface area contributed by atoms with Crippen molar-refractivity contribution < 1.29 is 9.47 Å². The summed E-state index contributed by atoms with van der Waals surface area (Å²) in [6.45, 7) is 0.568. The largest absolute Gasteiger partial charge is 0.497 e. The zero-order chi connectivity index (χ0) is 12.3. The minimum absolute atomic E-state index is 0.0616. The fourth-order valence-corrected chi connectivity index (χ4v) is 1.60. The molecule has 17 heavy (non-hydrogen) atoms. The van der Waals surface area contributed by atoms with Crippen molar-refractivity contribution in [3.8, 4) is 11.5 Å². The molecule has 0 amide bonds. The van der Waals surface area contributed by atoms with E-state index in [0.717, 1.165) is 22.8 Å². The summed E-state index contributed by atoms with van der Waals surface area (Å²) in [6, 6.07) is 5.54. The predicted octanol–water partition coefficient (Wildman–Crippen LogP) is 0.455. The second-order valence-electron chi connectivity index (χ2n) is 3.53. The molecule has 1 aliphatic rings. The van der Waals surface area contributed by atoms with E-state index in [9.17, 15) is 0 Å². The lowest BCUT2D eigenvalue weighted by molar-refractivity contribution is 0.319. The third kappa shape index (κ3) is 2.47. The van der Waals surface area contributed by atoms with Crippen molar-refractivity contribution >= 4 is 11.7 Å². The van der Waals surface area contributed by atoms with Crippen LogP contribution in [0.25, 0.3) is 0 Å². The number of guanidine groups is 1. The first-order valence-corrected chi connectivity index (χ1v) is 5.17. The van der Waals surface area contributed by atoms with E-state index in [4.69, 9.17) is 20.9 Å². The molecule has 1 aromatic carbocycles. The van der Waals surface area contributed by atoms with Gasteiger partial charge in [0.25, 0.3) is 0 Å². The maximum Gasteiger partial charge on any atom is 0.211 e. The van der Waals surface area contributed by atoms with Gasteiger partial charge in [-0.1, -0.05) is 0 Å². The van der Waals surface area contributed by atoms with E-state index in [-0.39, 0.29) is 5.96 Å². The standard InChI is InChI=1S/C11H14N4O2/c1-16-7-2-3-10-8(6-7)9(4-5-17-10)14-15-11(12)13/h2-3,6H,4-5H2,1H3,(H4,12,13,15). The van der Waals surface area contributed by atoms with Gasteiger partial charge >= 0.3 is 0 Å². The van der Waals surface area contributed by atoms with Gasteiger partial charge in [0.05, 0.1) is 19.4 Å². The zero-order valence-corrected chi connectivity index (χ0v) is 9.51. The van der Waals surface area contributed by atoms with Gasteiger partial charge < -0.3 is 20.9 Å². The third-order valence-corrected chi connectivity index (χ3v) is 2.38. The van der Waals surface area contributed by atoms with Gasteiger partial charge in [-0.25, -0.2) is 0 Å². The molecule has 1 aliphatic heterocycles. The van der Waals surface area contributed by atoms with Gasteiger partial charge in [0.2, 0.25) is 5.96 Å². The van der Waals surface area contributed by atoms with Gasteiger partial charge in [-0.2, -0.15) is 5.10 Å². The highest BCUT2D eigenvalue weighted by molar-refractivity contribution is 6.04. The topological polar surface area (TPSA) is 95.2 Å². The summed E-state index contributed by atoms with van der Waals surface area (Å²) in [4.78, 5) is 0. The van der Waals surface area contributed by atoms with Crippen LogP contribution in [0.5, 0.6) is 11.5 Å². The van der Waals surface area contributed by atoms with Crippen LogP contribution in [-0.4, -0.2) is 25.4 Å². The van der Waals surface area contributed by atoms with Crippen LogP contribution >= 0.6 is 0 Å². The SMILES string of the molecule is COc1ccc2c(c1)C(=NN=C(N)N)CCO2. The number of hydrogen-bond acceptors (Lipinski definition) is 4. The molecule has 4 N–H and O–H groups in total. The first kappa shape index (κ1) is 11.3. The molecule has 1 aromatic rings. The number of ether oxygens (including phenoxy) is 2. The number of fused-ring (bicyclic) bond motifs is 1. The fraction of sp³-hybridized carbons (Fsp3) is 0.273. The van der Waals surface area contributed by atoms with Crippen LogP contribution in [0.4, 0.5) is 0 Å². The average Bonchev–Trinajstić information content (AvgIpc) is 2.35. The van der Waals surface area contributed by atoms with Gasteiger partial charge in [-0.05, 0) is 18.2 Å². The number of hydrogen-bond donors (Lipinski definition) is 2. The molecule has 6 nitrogen and oxygen atoms in total. The molecular formula is C11H14N4O2. The summed E-state index contributed by atoms with van der Waals surface area (Å²) in [5.74, 6) is 1.45. The smallest absolute Gasteiger partial charge is 0.211 e. The molecule has 2 rings (SSSR count). The highest BCUT2D eigenvalue weighted by atomic mass is 16.5. The Bertz CT molecular complexity index is 478. The van der Waals surface area contributed by atoms with Crippen LogP contribution in [0, 0.1) is 0 Å². The normalized spacial score (nSPS) is 15.9. The molecule has 0 saturated carbocycles. The van der Waals surface area contributed by atoms with Crippen LogP contribution in [0.1, 0.15) is 12.0 Å². The first-order valence-electron chi connectivity index (χ1n) is 5.17. The Hall–Kier alpha value is -2.24. The Morgan fingerprint density at radius 1 is 1.41 bits per heavy atom. The summed E-state index contributed by atoms with van der Waals surface area (Å²) < 4.78 is 10.7. The predicted molar refractivity (Wildman–Crippen MR) is 65.5 cm³/mol.